The topological polar surface area (TPSA) is 114 Å². The number of rotatable bonds is 2. The van der Waals surface area contributed by atoms with Gasteiger partial charge in [-0.3, -0.25) is 0 Å². The minimum atomic E-state index is -4.58. The van der Waals surface area contributed by atoms with Crippen LogP contribution in [-0.4, -0.2) is 38.0 Å². The largest absolute Gasteiger partial charge is 1.00 e. The van der Waals surface area contributed by atoms with Gasteiger partial charge in [-0.1, -0.05) is 0 Å². The molecule has 0 aromatic carbocycles. The van der Waals surface area contributed by atoms with E-state index in [1.807, 2.05) is 0 Å². The summed E-state index contributed by atoms with van der Waals surface area (Å²) < 4.78 is 75.6. The second kappa shape index (κ2) is 11.2. The maximum atomic E-state index is 10.6. The molecule has 0 saturated heterocycles. The summed E-state index contributed by atoms with van der Waals surface area (Å²) in [7, 11) is -9.16. The van der Waals surface area contributed by atoms with E-state index >= 15 is 0 Å². The molecule has 0 bridgehead atoms. The molecule has 0 amide bonds. The summed E-state index contributed by atoms with van der Waals surface area (Å²) in [6, 6.07) is -3.62. The van der Waals surface area contributed by atoms with E-state index < -0.39 is 32.2 Å². The second-order valence-electron chi connectivity index (χ2n) is 1.33. The molecule has 12 heteroatoms. The molecule has 0 unspecified atom stereocenters. The molecule has 14 heavy (non-hydrogen) atoms. The Morgan fingerprint density at radius 3 is 0.857 bits per heavy atom. The molecule has 0 N–H and O–H groups in total. The van der Waals surface area contributed by atoms with Gasteiger partial charge in [-0.2, -0.15) is 0 Å². The molecule has 0 aromatic rings. The average molecular weight is 272 g/mol. The molecule has 0 aliphatic carbocycles. The van der Waals surface area contributed by atoms with Crippen LogP contribution in [0.4, 0.5) is 8.78 Å². The molecule has 0 aliphatic rings. The van der Waals surface area contributed by atoms with Crippen LogP contribution in [0.2, 0.25) is 0 Å². The fraction of sp³-hybridized carbons (Fsp3) is 1.00. The standard InChI is InChI=1S/2CH3FO3S.2Na/c2*2-1-6(3,4)5;;/h2*1H2,(H,3,4,5);;/q;;2*+1/p-2. The van der Waals surface area contributed by atoms with Gasteiger partial charge in [-0.25, -0.2) is 25.6 Å². The number of hydrogen-bond acceptors (Lipinski definition) is 6. The van der Waals surface area contributed by atoms with Gasteiger partial charge in [0.2, 0.25) is 0 Å². The van der Waals surface area contributed by atoms with Gasteiger partial charge in [-0.15, -0.1) is 0 Å². The molecule has 0 aliphatic heterocycles. The van der Waals surface area contributed by atoms with Crippen LogP contribution >= 0.6 is 0 Å². The quantitative estimate of drug-likeness (QED) is 0.364. The van der Waals surface area contributed by atoms with Crippen LogP contribution in [0.25, 0.3) is 0 Å². The zero-order valence-electron chi connectivity index (χ0n) is 7.44. The number of alkyl halides is 2. The summed E-state index contributed by atoms with van der Waals surface area (Å²) in [6.07, 6.45) is 0. The van der Waals surface area contributed by atoms with E-state index in [9.17, 15) is 8.78 Å². The predicted molar refractivity (Wildman–Crippen MR) is 31.3 cm³/mol. The maximum absolute atomic E-state index is 10.6. The van der Waals surface area contributed by atoms with E-state index in [-0.39, 0.29) is 59.1 Å². The van der Waals surface area contributed by atoms with Gasteiger partial charge in [0.05, 0.1) is 0 Å². The smallest absolute Gasteiger partial charge is 0.746 e. The normalized spacial score (nSPS) is 10.0. The summed E-state index contributed by atoms with van der Waals surface area (Å²) in [5, 5.41) is 0. The predicted octanol–water partition coefficient (Wildman–Crippen LogP) is -7.07. The molecule has 0 atom stereocenters. The minimum absolute atomic E-state index is 0. The van der Waals surface area contributed by atoms with Crippen LogP contribution in [-0.2, 0) is 20.2 Å². The molecule has 0 aromatic heterocycles. The third kappa shape index (κ3) is 37.3. The SMILES string of the molecule is O=S(=O)([O-])CF.O=S(=O)([O-])CF.[Na+].[Na+]. The third-order valence-electron chi connectivity index (χ3n) is 0.267. The zero-order chi connectivity index (χ0) is 10.4. The minimum Gasteiger partial charge on any atom is -0.746 e. The Balaban J connectivity index is -0.0000000625. The molecular formula is C2H4F2Na2O6S2. The van der Waals surface area contributed by atoms with Crippen molar-refractivity contribution in [3.63, 3.8) is 0 Å². The van der Waals surface area contributed by atoms with Crippen LogP contribution in [0.15, 0.2) is 0 Å². The Hall–Kier alpha value is 1.68. The van der Waals surface area contributed by atoms with E-state index in [0.717, 1.165) is 0 Å². The van der Waals surface area contributed by atoms with Crippen molar-refractivity contribution in [2.75, 3.05) is 12.0 Å². The van der Waals surface area contributed by atoms with E-state index in [2.05, 4.69) is 0 Å². The van der Waals surface area contributed by atoms with Crippen molar-refractivity contribution in [3.05, 3.63) is 0 Å². The summed E-state index contributed by atoms with van der Waals surface area (Å²) >= 11 is 0. The molecule has 76 valence electrons. The summed E-state index contributed by atoms with van der Waals surface area (Å²) in [5.41, 5.74) is 0. The Morgan fingerprint density at radius 2 is 0.857 bits per heavy atom. The van der Waals surface area contributed by atoms with Crippen molar-refractivity contribution in [2.45, 2.75) is 0 Å². The van der Waals surface area contributed by atoms with E-state index in [1.54, 1.807) is 0 Å². The van der Waals surface area contributed by atoms with Gasteiger partial charge in [0.1, 0.15) is 20.2 Å². The summed E-state index contributed by atoms with van der Waals surface area (Å²) in [4.78, 5) is 0. The second-order valence-corrected chi connectivity index (χ2v) is 4.00. The first kappa shape index (κ1) is 24.8. The maximum Gasteiger partial charge on any atom is 1.00 e. The van der Waals surface area contributed by atoms with Crippen molar-refractivity contribution in [1.29, 1.82) is 0 Å². The molecule has 0 spiro atoms. The Morgan fingerprint density at radius 1 is 0.786 bits per heavy atom. The van der Waals surface area contributed by atoms with Gasteiger partial charge in [0, 0.05) is 0 Å². The van der Waals surface area contributed by atoms with Gasteiger partial charge in [-0.05, 0) is 0 Å². The van der Waals surface area contributed by atoms with Gasteiger partial charge in [0.25, 0.3) is 0 Å². The van der Waals surface area contributed by atoms with Crippen molar-refractivity contribution in [2.24, 2.45) is 0 Å². The number of halogens is 2. The van der Waals surface area contributed by atoms with Crippen LogP contribution in [0.3, 0.4) is 0 Å². The first-order valence-corrected chi connectivity index (χ1v) is 5.27. The average Bonchev–Trinajstić information content (AvgIpc) is 1.86. The van der Waals surface area contributed by atoms with Crippen LogP contribution in [0.5, 0.6) is 0 Å². The fourth-order valence-electron chi connectivity index (χ4n) is 0. The van der Waals surface area contributed by atoms with Crippen molar-refractivity contribution in [1.82, 2.24) is 0 Å². The first-order valence-electron chi connectivity index (χ1n) is 2.11. The molecule has 0 radical (unpaired) electrons. The Kier molecular flexibility index (Phi) is 19.8. The Labute approximate surface area is 125 Å². The Bertz CT molecular complexity index is 266. The number of hydrogen-bond donors (Lipinski definition) is 0. The van der Waals surface area contributed by atoms with Gasteiger partial charge in [0.15, 0.2) is 12.0 Å². The first-order chi connectivity index (χ1) is 5.12. The molecule has 0 heterocycles. The van der Waals surface area contributed by atoms with Gasteiger partial charge < -0.3 is 9.11 Å². The van der Waals surface area contributed by atoms with Crippen LogP contribution in [0, 0.1) is 0 Å². The fourth-order valence-corrected chi connectivity index (χ4v) is 0. The van der Waals surface area contributed by atoms with Crippen LogP contribution < -0.4 is 59.1 Å². The van der Waals surface area contributed by atoms with Gasteiger partial charge >= 0.3 is 59.1 Å². The van der Waals surface area contributed by atoms with Crippen LogP contribution in [0.1, 0.15) is 0 Å². The van der Waals surface area contributed by atoms with Crippen molar-refractivity contribution in [3.8, 4) is 0 Å². The zero-order valence-corrected chi connectivity index (χ0v) is 13.1. The molecule has 0 rings (SSSR count). The molecular weight excluding hydrogens is 268 g/mol. The van der Waals surface area contributed by atoms with E-state index in [4.69, 9.17) is 25.9 Å². The van der Waals surface area contributed by atoms with Crippen molar-refractivity contribution < 1.29 is 93.8 Å². The molecule has 6 nitrogen and oxygen atoms in total. The third-order valence-corrected chi connectivity index (χ3v) is 0.802. The summed E-state index contributed by atoms with van der Waals surface area (Å²) in [6.45, 7) is 0. The summed E-state index contributed by atoms with van der Waals surface area (Å²) in [5.74, 6) is 0. The van der Waals surface area contributed by atoms with E-state index in [1.165, 1.54) is 0 Å². The van der Waals surface area contributed by atoms with E-state index in [0.29, 0.717) is 0 Å². The molecule has 0 saturated carbocycles. The van der Waals surface area contributed by atoms with Crippen molar-refractivity contribution >= 4 is 20.2 Å². The molecule has 0 fully saturated rings. The monoisotopic (exact) mass is 272 g/mol.